The average molecular weight is 411 g/mol. The molecular formula is C24H29NO5. The number of rotatable bonds is 11. The van der Waals surface area contributed by atoms with Gasteiger partial charge in [-0.3, -0.25) is 9.59 Å². The van der Waals surface area contributed by atoms with Crippen molar-refractivity contribution >= 4 is 23.8 Å². The van der Waals surface area contributed by atoms with Crippen molar-refractivity contribution in [3.63, 3.8) is 0 Å². The molecule has 0 N–H and O–H groups in total. The van der Waals surface area contributed by atoms with Crippen LogP contribution in [0.25, 0.3) is 5.70 Å². The molecule has 0 fully saturated rings. The van der Waals surface area contributed by atoms with Gasteiger partial charge in [0, 0.05) is 36.5 Å². The number of hydrogen-bond acceptors (Lipinski definition) is 6. The number of hydrogen-bond donors (Lipinski definition) is 0. The Bertz CT molecular complexity index is 891. The Labute approximate surface area is 178 Å². The minimum absolute atomic E-state index is 0.280. The largest absolute Gasteiger partial charge is 0.493 e. The highest BCUT2D eigenvalue weighted by Gasteiger charge is 2.17. The number of allylic oxidation sites excluding steroid dienone is 1. The Morgan fingerprint density at radius 2 is 1.83 bits per heavy atom. The van der Waals surface area contributed by atoms with Crippen LogP contribution in [0.15, 0.2) is 48.5 Å². The molecule has 0 saturated heterocycles. The van der Waals surface area contributed by atoms with Crippen LogP contribution in [0.3, 0.4) is 0 Å². The Hall–Kier alpha value is -3.28. The second kappa shape index (κ2) is 11.7. The van der Waals surface area contributed by atoms with E-state index in [0.717, 1.165) is 36.2 Å². The smallest absolute Gasteiger partial charge is 0.311 e. The Morgan fingerprint density at radius 1 is 1.07 bits per heavy atom. The normalized spacial score (nSPS) is 11.0. The molecular weight excluding hydrogens is 382 g/mol. The molecule has 0 saturated carbocycles. The van der Waals surface area contributed by atoms with Crippen LogP contribution < -0.4 is 19.1 Å². The van der Waals surface area contributed by atoms with E-state index in [1.807, 2.05) is 43.1 Å². The summed E-state index contributed by atoms with van der Waals surface area (Å²) in [4.78, 5) is 25.0. The fourth-order valence-corrected chi connectivity index (χ4v) is 3.15. The summed E-state index contributed by atoms with van der Waals surface area (Å²) in [5, 5.41) is 0. The molecule has 0 atom stereocenters. The number of esters is 1. The fraction of sp³-hybridized carbons (Fsp3) is 0.333. The molecule has 0 aliphatic heterocycles. The maximum Gasteiger partial charge on any atom is 0.311 e. The molecule has 160 valence electrons. The van der Waals surface area contributed by atoms with Crippen molar-refractivity contribution in [2.24, 2.45) is 0 Å². The van der Waals surface area contributed by atoms with Crippen LogP contribution in [0.5, 0.6) is 17.2 Å². The van der Waals surface area contributed by atoms with Crippen LogP contribution in [-0.4, -0.2) is 26.6 Å². The highest BCUT2D eigenvalue weighted by Crippen LogP contribution is 2.36. The lowest BCUT2D eigenvalue weighted by molar-refractivity contribution is -0.134. The number of carbonyl (C=O) groups excluding carboxylic acids is 2. The maximum absolute atomic E-state index is 12.2. The lowest BCUT2D eigenvalue weighted by Crippen LogP contribution is -2.16. The molecule has 2 aromatic rings. The first-order valence-corrected chi connectivity index (χ1v) is 10.0. The molecule has 6 heteroatoms. The van der Waals surface area contributed by atoms with Crippen molar-refractivity contribution in [3.05, 3.63) is 54.1 Å². The van der Waals surface area contributed by atoms with Gasteiger partial charge in [0.2, 0.25) is 0 Å². The van der Waals surface area contributed by atoms with Gasteiger partial charge >= 0.3 is 5.97 Å². The summed E-state index contributed by atoms with van der Waals surface area (Å²) in [6.07, 6.45) is 5.12. The summed E-state index contributed by atoms with van der Waals surface area (Å²) >= 11 is 0. The molecule has 0 aromatic heterocycles. The Morgan fingerprint density at radius 3 is 2.50 bits per heavy atom. The number of benzene rings is 2. The van der Waals surface area contributed by atoms with E-state index in [1.54, 1.807) is 24.3 Å². The average Bonchev–Trinajstić information content (AvgIpc) is 2.75. The van der Waals surface area contributed by atoms with Gasteiger partial charge in [0.15, 0.2) is 11.5 Å². The van der Waals surface area contributed by atoms with E-state index in [9.17, 15) is 9.59 Å². The zero-order valence-corrected chi connectivity index (χ0v) is 18.0. The van der Waals surface area contributed by atoms with Gasteiger partial charge in [0.1, 0.15) is 5.75 Å². The van der Waals surface area contributed by atoms with E-state index in [2.05, 4.69) is 6.92 Å². The monoisotopic (exact) mass is 411 g/mol. The van der Waals surface area contributed by atoms with Crippen LogP contribution in [0, 0.1) is 0 Å². The number of nitrogens with zero attached hydrogens (tertiary/aromatic N) is 1. The number of ether oxygens (including phenoxy) is 3. The van der Waals surface area contributed by atoms with Crippen LogP contribution in [0.2, 0.25) is 0 Å². The predicted molar refractivity (Wildman–Crippen MR) is 118 cm³/mol. The van der Waals surface area contributed by atoms with Gasteiger partial charge in [-0.2, -0.15) is 0 Å². The van der Waals surface area contributed by atoms with Gasteiger partial charge in [0.05, 0.1) is 7.11 Å². The highest BCUT2D eigenvalue weighted by atomic mass is 16.6. The first kappa shape index (κ1) is 23.0. The summed E-state index contributed by atoms with van der Waals surface area (Å²) < 4.78 is 16.1. The maximum atomic E-state index is 12.2. The molecule has 0 radical (unpaired) electrons. The third kappa shape index (κ3) is 5.86. The number of anilines is 1. The van der Waals surface area contributed by atoms with Crippen molar-refractivity contribution in [1.29, 1.82) is 0 Å². The van der Waals surface area contributed by atoms with E-state index in [-0.39, 0.29) is 5.97 Å². The quantitative estimate of drug-likeness (QED) is 0.219. The van der Waals surface area contributed by atoms with E-state index < -0.39 is 0 Å². The molecule has 0 aliphatic rings. The van der Waals surface area contributed by atoms with E-state index >= 15 is 0 Å². The minimum Gasteiger partial charge on any atom is -0.493 e. The van der Waals surface area contributed by atoms with E-state index in [4.69, 9.17) is 14.2 Å². The van der Waals surface area contributed by atoms with Gasteiger partial charge in [-0.05, 0) is 37.6 Å². The van der Waals surface area contributed by atoms with Crippen molar-refractivity contribution in [2.45, 2.75) is 39.5 Å². The number of para-hydroxylation sites is 1. The lowest BCUT2D eigenvalue weighted by atomic mass is 10.1. The zero-order chi connectivity index (χ0) is 21.9. The van der Waals surface area contributed by atoms with Crippen molar-refractivity contribution in [2.75, 3.05) is 19.1 Å². The van der Waals surface area contributed by atoms with Gasteiger partial charge in [-0.15, -0.1) is 0 Å². The molecule has 2 aromatic carbocycles. The highest BCUT2D eigenvalue weighted by molar-refractivity contribution is 5.83. The van der Waals surface area contributed by atoms with E-state index in [0.29, 0.717) is 30.1 Å². The van der Waals surface area contributed by atoms with Gasteiger partial charge < -0.3 is 19.1 Å². The Balaban J connectivity index is 2.31. The molecule has 2 rings (SSSR count). The van der Waals surface area contributed by atoms with Crippen LogP contribution in [0.1, 0.15) is 45.1 Å². The standard InChI is InChI=1S/C24H29NO5/c1-5-7-8-13-24(27)30-23-16-18(14-15-22(23)28-4)25(3)20(6-2)19-11-9-10-12-21(19)29-17-26/h6,9-12,14-17H,5,7-8,13H2,1-4H3/b20-6+. The molecule has 0 spiro atoms. The molecule has 6 nitrogen and oxygen atoms in total. The summed E-state index contributed by atoms with van der Waals surface area (Å²) in [6.45, 7) is 4.40. The van der Waals surface area contributed by atoms with Gasteiger partial charge in [-0.25, -0.2) is 0 Å². The second-order valence-corrected chi connectivity index (χ2v) is 6.71. The summed E-state index contributed by atoms with van der Waals surface area (Å²) in [5.74, 6) is 1.04. The first-order chi connectivity index (χ1) is 14.5. The minimum atomic E-state index is -0.280. The molecule has 0 bridgehead atoms. The van der Waals surface area contributed by atoms with Crippen molar-refractivity contribution in [3.8, 4) is 17.2 Å². The third-order valence-electron chi connectivity index (χ3n) is 4.72. The zero-order valence-electron chi connectivity index (χ0n) is 18.0. The second-order valence-electron chi connectivity index (χ2n) is 6.71. The van der Waals surface area contributed by atoms with Crippen molar-refractivity contribution < 1.29 is 23.8 Å². The summed E-state index contributed by atoms with van der Waals surface area (Å²) in [5.41, 5.74) is 2.39. The van der Waals surface area contributed by atoms with Crippen molar-refractivity contribution in [1.82, 2.24) is 0 Å². The molecule has 0 unspecified atom stereocenters. The molecule has 30 heavy (non-hydrogen) atoms. The Kier molecular flexibility index (Phi) is 8.94. The fourth-order valence-electron chi connectivity index (χ4n) is 3.15. The van der Waals surface area contributed by atoms with Gasteiger partial charge in [0.25, 0.3) is 6.47 Å². The topological polar surface area (TPSA) is 65.1 Å². The SMILES string of the molecule is C/C=C(\c1ccccc1OC=O)N(C)c1ccc(OC)c(OC(=O)CCCCC)c1. The van der Waals surface area contributed by atoms with Crippen LogP contribution in [0.4, 0.5) is 5.69 Å². The number of unbranched alkanes of at least 4 members (excludes halogenated alkanes) is 2. The predicted octanol–water partition coefficient (Wildman–Crippen LogP) is 5.21. The lowest BCUT2D eigenvalue weighted by Gasteiger charge is -2.25. The van der Waals surface area contributed by atoms with Crippen LogP contribution in [-0.2, 0) is 9.59 Å². The molecule has 0 amide bonds. The number of carbonyl (C=O) groups is 2. The van der Waals surface area contributed by atoms with Crippen LogP contribution >= 0.6 is 0 Å². The van der Waals surface area contributed by atoms with Gasteiger partial charge in [-0.1, -0.05) is 38.0 Å². The van der Waals surface area contributed by atoms with E-state index in [1.165, 1.54) is 7.11 Å². The summed E-state index contributed by atoms with van der Waals surface area (Å²) in [7, 11) is 3.43. The third-order valence-corrected chi connectivity index (χ3v) is 4.72. The summed E-state index contributed by atoms with van der Waals surface area (Å²) in [6, 6.07) is 12.7. The molecule has 0 heterocycles. The molecule has 0 aliphatic carbocycles. The number of methoxy groups -OCH3 is 1. The first-order valence-electron chi connectivity index (χ1n) is 10.0.